The second kappa shape index (κ2) is 10.0. The topological polar surface area (TPSA) is 80.9 Å². The van der Waals surface area contributed by atoms with E-state index in [2.05, 4.69) is 0 Å². The standard InChI is InChI=1S/C8H16O2.C4H10O2/c9-6-8(7-10)4-2-1-3-5-8;5-3-1-2-4-6/h9-10H,1-7H2;5-6H,1-4H2. The van der Waals surface area contributed by atoms with Gasteiger partial charge in [0.15, 0.2) is 0 Å². The molecular formula is C12H26O4. The molecule has 0 unspecified atom stereocenters. The van der Waals surface area contributed by atoms with Crippen LogP contribution in [0.5, 0.6) is 0 Å². The SMILES string of the molecule is OCC1(CO)CCCCC1.OCCCCO. The van der Waals surface area contributed by atoms with Crippen molar-refractivity contribution in [3.8, 4) is 0 Å². The summed E-state index contributed by atoms with van der Waals surface area (Å²) in [7, 11) is 0. The van der Waals surface area contributed by atoms with Gasteiger partial charge in [0.25, 0.3) is 0 Å². The van der Waals surface area contributed by atoms with E-state index in [4.69, 9.17) is 20.4 Å². The first-order valence-electron chi connectivity index (χ1n) is 6.18. The first kappa shape index (κ1) is 15.8. The van der Waals surface area contributed by atoms with E-state index in [0.717, 1.165) is 25.7 Å². The molecule has 1 saturated carbocycles. The van der Waals surface area contributed by atoms with Gasteiger partial charge in [-0.3, -0.25) is 0 Å². The maximum Gasteiger partial charge on any atom is 0.0509 e. The molecule has 1 aliphatic rings. The third kappa shape index (κ3) is 6.43. The van der Waals surface area contributed by atoms with Crippen LogP contribution < -0.4 is 0 Å². The molecule has 0 aromatic heterocycles. The molecule has 4 N–H and O–H groups in total. The third-order valence-corrected chi connectivity index (χ3v) is 3.15. The van der Waals surface area contributed by atoms with Gasteiger partial charge >= 0.3 is 0 Å². The molecule has 0 spiro atoms. The first-order valence-corrected chi connectivity index (χ1v) is 6.18. The van der Waals surface area contributed by atoms with Gasteiger partial charge in [-0.2, -0.15) is 0 Å². The highest BCUT2D eigenvalue weighted by molar-refractivity contribution is 4.80. The number of aliphatic hydroxyl groups excluding tert-OH is 4. The van der Waals surface area contributed by atoms with Crippen molar-refractivity contribution in [3.05, 3.63) is 0 Å². The molecular weight excluding hydrogens is 208 g/mol. The van der Waals surface area contributed by atoms with Crippen molar-refractivity contribution in [3.63, 3.8) is 0 Å². The average Bonchev–Trinajstić information content (AvgIpc) is 2.38. The zero-order valence-corrected chi connectivity index (χ0v) is 10.1. The van der Waals surface area contributed by atoms with Gasteiger partial charge in [-0.15, -0.1) is 0 Å². The molecule has 0 radical (unpaired) electrons. The fraction of sp³-hybridized carbons (Fsp3) is 1.00. The Morgan fingerprint density at radius 1 is 0.688 bits per heavy atom. The zero-order valence-electron chi connectivity index (χ0n) is 10.1. The van der Waals surface area contributed by atoms with Gasteiger partial charge in [-0.1, -0.05) is 19.3 Å². The molecule has 4 nitrogen and oxygen atoms in total. The summed E-state index contributed by atoms with van der Waals surface area (Å²) in [4.78, 5) is 0. The Balaban J connectivity index is 0.000000325. The Morgan fingerprint density at radius 3 is 1.38 bits per heavy atom. The molecule has 0 atom stereocenters. The van der Waals surface area contributed by atoms with Gasteiger partial charge in [-0.25, -0.2) is 0 Å². The normalized spacial score (nSPS) is 18.8. The fourth-order valence-electron chi connectivity index (χ4n) is 1.89. The predicted molar refractivity (Wildman–Crippen MR) is 63.1 cm³/mol. The molecule has 1 fully saturated rings. The van der Waals surface area contributed by atoms with Gasteiger partial charge in [0.2, 0.25) is 0 Å². The number of hydrogen-bond donors (Lipinski definition) is 4. The summed E-state index contributed by atoms with van der Waals surface area (Å²) in [5, 5.41) is 34.1. The average molecular weight is 234 g/mol. The lowest BCUT2D eigenvalue weighted by atomic mass is 9.75. The highest BCUT2D eigenvalue weighted by Crippen LogP contribution is 2.34. The number of unbranched alkanes of at least 4 members (excludes halogenated alkanes) is 1. The van der Waals surface area contributed by atoms with Crippen LogP contribution >= 0.6 is 0 Å². The van der Waals surface area contributed by atoms with E-state index in [9.17, 15) is 0 Å². The van der Waals surface area contributed by atoms with Crippen LogP contribution in [-0.2, 0) is 0 Å². The Morgan fingerprint density at radius 2 is 1.12 bits per heavy atom. The maximum absolute atomic E-state index is 8.98. The molecule has 0 aromatic carbocycles. The van der Waals surface area contributed by atoms with Crippen LogP contribution in [-0.4, -0.2) is 46.9 Å². The van der Waals surface area contributed by atoms with Gasteiger partial charge in [0.05, 0.1) is 13.2 Å². The van der Waals surface area contributed by atoms with Crippen molar-refractivity contribution in [2.24, 2.45) is 5.41 Å². The molecule has 98 valence electrons. The minimum atomic E-state index is -0.127. The van der Waals surface area contributed by atoms with Crippen molar-refractivity contribution in [2.75, 3.05) is 26.4 Å². The largest absolute Gasteiger partial charge is 0.396 e. The number of rotatable bonds is 5. The Kier molecular flexibility index (Phi) is 9.92. The maximum atomic E-state index is 8.98. The summed E-state index contributed by atoms with van der Waals surface area (Å²) in [6, 6.07) is 0. The van der Waals surface area contributed by atoms with E-state index in [1.807, 2.05) is 0 Å². The second-order valence-electron chi connectivity index (χ2n) is 4.53. The minimum absolute atomic E-state index is 0.127. The lowest BCUT2D eigenvalue weighted by Crippen LogP contribution is -2.31. The van der Waals surface area contributed by atoms with E-state index in [-0.39, 0.29) is 31.8 Å². The van der Waals surface area contributed by atoms with E-state index in [1.54, 1.807) is 0 Å². The van der Waals surface area contributed by atoms with Gasteiger partial charge in [0, 0.05) is 18.6 Å². The third-order valence-electron chi connectivity index (χ3n) is 3.15. The molecule has 1 rings (SSSR count). The molecule has 0 bridgehead atoms. The lowest BCUT2D eigenvalue weighted by molar-refractivity contribution is 0.0234. The molecule has 0 amide bonds. The van der Waals surface area contributed by atoms with Crippen molar-refractivity contribution >= 4 is 0 Å². The van der Waals surface area contributed by atoms with Crippen molar-refractivity contribution in [1.29, 1.82) is 0 Å². The molecule has 0 saturated heterocycles. The van der Waals surface area contributed by atoms with Crippen molar-refractivity contribution in [1.82, 2.24) is 0 Å². The van der Waals surface area contributed by atoms with Crippen LogP contribution in [0.2, 0.25) is 0 Å². The van der Waals surface area contributed by atoms with Crippen LogP contribution in [0.4, 0.5) is 0 Å². The number of hydrogen-bond acceptors (Lipinski definition) is 4. The Labute approximate surface area is 97.9 Å². The predicted octanol–water partition coefficient (Wildman–Crippen LogP) is 0.673. The second-order valence-corrected chi connectivity index (χ2v) is 4.53. The highest BCUT2D eigenvalue weighted by atomic mass is 16.3. The summed E-state index contributed by atoms with van der Waals surface area (Å²) in [5.41, 5.74) is -0.127. The molecule has 0 aromatic rings. The van der Waals surface area contributed by atoms with E-state index in [1.165, 1.54) is 19.3 Å². The van der Waals surface area contributed by atoms with Crippen LogP contribution in [0.1, 0.15) is 44.9 Å². The quantitative estimate of drug-likeness (QED) is 0.527. The summed E-state index contributed by atoms with van der Waals surface area (Å²) in [5.74, 6) is 0. The molecule has 16 heavy (non-hydrogen) atoms. The van der Waals surface area contributed by atoms with E-state index in [0.29, 0.717) is 0 Å². The van der Waals surface area contributed by atoms with Gasteiger partial charge in [0.1, 0.15) is 0 Å². The minimum Gasteiger partial charge on any atom is -0.396 e. The van der Waals surface area contributed by atoms with Crippen LogP contribution in [0.3, 0.4) is 0 Å². The van der Waals surface area contributed by atoms with Crippen LogP contribution in [0.25, 0.3) is 0 Å². The summed E-state index contributed by atoms with van der Waals surface area (Å²) in [6.45, 7) is 0.703. The summed E-state index contributed by atoms with van der Waals surface area (Å²) in [6.07, 6.45) is 7.04. The summed E-state index contributed by atoms with van der Waals surface area (Å²) < 4.78 is 0. The first-order chi connectivity index (χ1) is 7.74. The van der Waals surface area contributed by atoms with Crippen molar-refractivity contribution in [2.45, 2.75) is 44.9 Å². The molecule has 0 heterocycles. The Hall–Kier alpha value is -0.160. The highest BCUT2D eigenvalue weighted by Gasteiger charge is 2.30. The molecule has 0 aliphatic heterocycles. The fourth-order valence-corrected chi connectivity index (χ4v) is 1.89. The van der Waals surface area contributed by atoms with Gasteiger partial charge < -0.3 is 20.4 Å². The smallest absolute Gasteiger partial charge is 0.0509 e. The van der Waals surface area contributed by atoms with Crippen molar-refractivity contribution < 1.29 is 20.4 Å². The van der Waals surface area contributed by atoms with Crippen LogP contribution in [0.15, 0.2) is 0 Å². The van der Waals surface area contributed by atoms with Crippen LogP contribution in [0, 0.1) is 5.41 Å². The molecule has 4 heteroatoms. The van der Waals surface area contributed by atoms with Gasteiger partial charge in [-0.05, 0) is 25.7 Å². The van der Waals surface area contributed by atoms with E-state index < -0.39 is 0 Å². The lowest BCUT2D eigenvalue weighted by Gasteiger charge is -2.33. The Bertz CT molecular complexity index is 134. The zero-order chi connectivity index (χ0) is 12.3. The summed E-state index contributed by atoms with van der Waals surface area (Å²) >= 11 is 0. The number of aliphatic hydroxyl groups is 4. The van der Waals surface area contributed by atoms with E-state index >= 15 is 0 Å². The monoisotopic (exact) mass is 234 g/mol. The molecule has 1 aliphatic carbocycles.